The molecule has 0 aliphatic carbocycles. The fourth-order valence-corrected chi connectivity index (χ4v) is 3.87. The molecule has 0 saturated heterocycles. The third-order valence-corrected chi connectivity index (χ3v) is 5.10. The average Bonchev–Trinajstić information content (AvgIpc) is 2.23. The van der Waals surface area contributed by atoms with Gasteiger partial charge >= 0.3 is 0 Å². The lowest BCUT2D eigenvalue weighted by atomic mass is 9.80. The highest BCUT2D eigenvalue weighted by Crippen LogP contribution is 2.45. The summed E-state index contributed by atoms with van der Waals surface area (Å²) in [6.45, 7) is 18.8. The Bertz CT molecular complexity index is 304. The number of allylic oxidation sites excluding steroid dienone is 1. The van der Waals surface area contributed by atoms with Crippen LogP contribution in [0.2, 0.25) is 0 Å². The Hall–Kier alpha value is 0.0500. The molecule has 1 heterocycles. The van der Waals surface area contributed by atoms with Crippen molar-refractivity contribution in [3.05, 3.63) is 10.5 Å². The van der Waals surface area contributed by atoms with Gasteiger partial charge in [-0.2, -0.15) is 0 Å². The molecular weight excluding hydrogens is 238 g/mol. The van der Waals surface area contributed by atoms with Gasteiger partial charge in [0.25, 0.3) is 0 Å². The van der Waals surface area contributed by atoms with E-state index in [1.807, 2.05) is 0 Å². The molecule has 0 aromatic rings. The van der Waals surface area contributed by atoms with Crippen molar-refractivity contribution in [2.24, 2.45) is 10.8 Å². The molecule has 0 spiro atoms. The Morgan fingerprint density at radius 1 is 1.06 bits per heavy atom. The van der Waals surface area contributed by atoms with Gasteiger partial charge in [-0.15, -0.1) is 11.8 Å². The molecule has 0 atom stereocenters. The first-order chi connectivity index (χ1) is 8.16. The summed E-state index contributed by atoms with van der Waals surface area (Å²) in [6.07, 6.45) is 2.62. The van der Waals surface area contributed by atoms with Gasteiger partial charge in [-0.25, -0.2) is 0 Å². The van der Waals surface area contributed by atoms with Crippen molar-refractivity contribution in [3.8, 4) is 0 Å². The quantitative estimate of drug-likeness (QED) is 0.698. The van der Waals surface area contributed by atoms with Gasteiger partial charge in [-0.1, -0.05) is 54.9 Å². The Labute approximate surface area is 118 Å². The minimum absolute atomic E-state index is 0.292. The van der Waals surface area contributed by atoms with Crippen LogP contribution in [-0.4, -0.2) is 23.9 Å². The summed E-state index contributed by atoms with van der Waals surface area (Å²) >= 11 is 2.07. The van der Waals surface area contributed by atoms with Crippen LogP contribution in [-0.2, 0) is 0 Å². The van der Waals surface area contributed by atoms with Crippen molar-refractivity contribution in [2.45, 2.75) is 61.3 Å². The number of rotatable bonds is 3. The highest BCUT2D eigenvalue weighted by molar-refractivity contribution is 8.03. The topological polar surface area (TPSA) is 3.24 Å². The zero-order chi connectivity index (χ0) is 14.0. The lowest BCUT2D eigenvalue weighted by Gasteiger charge is -2.40. The van der Waals surface area contributed by atoms with Crippen molar-refractivity contribution in [3.63, 3.8) is 0 Å². The molecule has 0 N–H and O–H groups in total. The Morgan fingerprint density at radius 2 is 1.67 bits per heavy atom. The van der Waals surface area contributed by atoms with Crippen LogP contribution in [0.1, 0.15) is 61.3 Å². The molecule has 0 fully saturated rings. The van der Waals surface area contributed by atoms with E-state index in [1.54, 1.807) is 10.5 Å². The van der Waals surface area contributed by atoms with E-state index in [9.17, 15) is 0 Å². The molecule has 0 aromatic carbocycles. The van der Waals surface area contributed by atoms with Gasteiger partial charge < -0.3 is 0 Å². The fraction of sp³-hybridized carbons (Fsp3) is 0.875. The maximum Gasteiger partial charge on any atom is 0.0492 e. The van der Waals surface area contributed by atoms with Crippen molar-refractivity contribution in [1.29, 1.82) is 0 Å². The van der Waals surface area contributed by atoms with Crippen LogP contribution >= 0.6 is 11.8 Å². The molecule has 0 aromatic heterocycles. The monoisotopic (exact) mass is 269 g/mol. The van der Waals surface area contributed by atoms with E-state index in [0.717, 1.165) is 0 Å². The molecule has 106 valence electrons. The van der Waals surface area contributed by atoms with E-state index in [1.165, 1.54) is 31.8 Å². The zero-order valence-electron chi connectivity index (χ0n) is 13.4. The van der Waals surface area contributed by atoms with E-state index >= 15 is 0 Å². The van der Waals surface area contributed by atoms with Crippen LogP contribution in [0.15, 0.2) is 10.5 Å². The van der Waals surface area contributed by atoms with Gasteiger partial charge in [-0.05, 0) is 34.3 Å². The highest BCUT2D eigenvalue weighted by atomic mass is 32.2. The second kappa shape index (κ2) is 6.00. The summed E-state index contributed by atoms with van der Waals surface area (Å²) < 4.78 is 0. The van der Waals surface area contributed by atoms with Crippen LogP contribution in [0.25, 0.3) is 0 Å². The van der Waals surface area contributed by atoms with E-state index in [2.05, 4.69) is 65.1 Å². The lowest BCUT2D eigenvalue weighted by molar-refractivity contribution is 0.302. The molecule has 0 unspecified atom stereocenters. The maximum atomic E-state index is 2.62. The van der Waals surface area contributed by atoms with Crippen LogP contribution in [0.3, 0.4) is 0 Å². The summed E-state index contributed by atoms with van der Waals surface area (Å²) in [5, 5.41) is 0. The van der Waals surface area contributed by atoms with Crippen LogP contribution < -0.4 is 0 Å². The predicted octanol–water partition coefficient (Wildman–Crippen LogP) is 5.14. The summed E-state index contributed by atoms with van der Waals surface area (Å²) in [6, 6.07) is 0. The van der Waals surface area contributed by atoms with E-state index in [0.29, 0.717) is 10.8 Å². The SMILES string of the molecule is CCCCN1CSC(C(C)(C)C)=C(C(C)(C)C)C1. The second-order valence-electron chi connectivity index (χ2n) is 7.49. The summed E-state index contributed by atoms with van der Waals surface area (Å²) in [7, 11) is 0. The first-order valence-electron chi connectivity index (χ1n) is 7.25. The predicted molar refractivity (Wildman–Crippen MR) is 84.9 cm³/mol. The second-order valence-corrected chi connectivity index (χ2v) is 8.44. The normalized spacial score (nSPS) is 19.5. The largest absolute Gasteiger partial charge is 0.290 e. The molecule has 2 heteroatoms. The van der Waals surface area contributed by atoms with Crippen molar-refractivity contribution in [1.82, 2.24) is 4.90 Å². The first kappa shape index (κ1) is 16.1. The smallest absolute Gasteiger partial charge is 0.0492 e. The van der Waals surface area contributed by atoms with Crippen LogP contribution in [0, 0.1) is 10.8 Å². The molecule has 1 aliphatic rings. The van der Waals surface area contributed by atoms with Crippen molar-refractivity contribution < 1.29 is 0 Å². The van der Waals surface area contributed by atoms with Crippen molar-refractivity contribution >= 4 is 11.8 Å². The summed E-state index contributed by atoms with van der Waals surface area (Å²) in [5.41, 5.74) is 2.24. The van der Waals surface area contributed by atoms with E-state index < -0.39 is 0 Å². The zero-order valence-corrected chi connectivity index (χ0v) is 14.2. The molecule has 18 heavy (non-hydrogen) atoms. The van der Waals surface area contributed by atoms with Gasteiger partial charge in [0.15, 0.2) is 0 Å². The van der Waals surface area contributed by atoms with Gasteiger partial charge in [0.05, 0.1) is 0 Å². The molecule has 1 rings (SSSR count). The van der Waals surface area contributed by atoms with Crippen molar-refractivity contribution in [2.75, 3.05) is 19.0 Å². The third kappa shape index (κ3) is 4.31. The number of unbranched alkanes of at least 4 members (excludes halogenated alkanes) is 1. The molecule has 1 nitrogen and oxygen atoms in total. The maximum absolute atomic E-state index is 2.62. The number of nitrogens with zero attached hydrogens (tertiary/aromatic N) is 1. The molecule has 0 radical (unpaired) electrons. The summed E-state index contributed by atoms with van der Waals surface area (Å²) in [4.78, 5) is 4.24. The number of thioether (sulfide) groups is 1. The third-order valence-electron chi connectivity index (χ3n) is 3.46. The number of hydrogen-bond donors (Lipinski definition) is 0. The van der Waals surface area contributed by atoms with Crippen LogP contribution in [0.5, 0.6) is 0 Å². The molecular formula is C16H31NS. The standard InChI is InChI=1S/C16H31NS/c1-8-9-10-17-11-13(15(2,3)4)14(18-12-17)16(5,6)7/h8-12H2,1-7H3. The van der Waals surface area contributed by atoms with Gasteiger partial charge in [0, 0.05) is 12.4 Å². The minimum Gasteiger partial charge on any atom is -0.290 e. The molecule has 0 amide bonds. The Balaban J connectivity index is 2.93. The van der Waals surface area contributed by atoms with Gasteiger partial charge in [-0.3, -0.25) is 4.90 Å². The van der Waals surface area contributed by atoms with Gasteiger partial charge in [0.1, 0.15) is 0 Å². The Kier molecular flexibility index (Phi) is 5.37. The van der Waals surface area contributed by atoms with E-state index in [4.69, 9.17) is 0 Å². The van der Waals surface area contributed by atoms with Gasteiger partial charge in [0.2, 0.25) is 0 Å². The first-order valence-corrected chi connectivity index (χ1v) is 8.24. The lowest BCUT2D eigenvalue weighted by Crippen LogP contribution is -2.36. The fourth-order valence-electron chi connectivity index (χ4n) is 2.36. The number of hydrogen-bond acceptors (Lipinski definition) is 2. The average molecular weight is 269 g/mol. The minimum atomic E-state index is 0.292. The van der Waals surface area contributed by atoms with Crippen LogP contribution in [0.4, 0.5) is 0 Å². The highest BCUT2D eigenvalue weighted by Gasteiger charge is 2.32. The molecule has 1 aliphatic heterocycles. The summed E-state index contributed by atoms with van der Waals surface area (Å²) in [5.74, 6) is 1.17. The molecule has 0 bridgehead atoms. The Morgan fingerprint density at radius 3 is 2.11 bits per heavy atom. The molecule has 0 saturated carbocycles. The van der Waals surface area contributed by atoms with E-state index in [-0.39, 0.29) is 0 Å².